The van der Waals surface area contributed by atoms with Gasteiger partial charge in [-0.15, -0.1) is 4.40 Å². The maximum absolute atomic E-state index is 12.9. The Kier molecular flexibility index (Phi) is 5.17. The van der Waals surface area contributed by atoms with Crippen LogP contribution in [0.15, 0.2) is 57.8 Å². The van der Waals surface area contributed by atoms with Crippen LogP contribution in [0.2, 0.25) is 0 Å². The van der Waals surface area contributed by atoms with E-state index in [0.29, 0.717) is 43.9 Å². The van der Waals surface area contributed by atoms with Crippen LogP contribution in [0.4, 0.5) is 0 Å². The fraction of sp³-hybridized carbons (Fsp3) is 0.364. The molecule has 0 saturated carbocycles. The van der Waals surface area contributed by atoms with E-state index in [1.165, 1.54) is 5.56 Å². The van der Waals surface area contributed by atoms with E-state index >= 15 is 0 Å². The van der Waals surface area contributed by atoms with Crippen LogP contribution in [0, 0.1) is 12.8 Å². The van der Waals surface area contributed by atoms with Crippen molar-refractivity contribution in [3.05, 3.63) is 65.2 Å². The van der Waals surface area contributed by atoms with E-state index in [0.717, 1.165) is 5.56 Å². The van der Waals surface area contributed by atoms with Gasteiger partial charge < -0.3 is 9.80 Å². The smallest absolute Gasteiger partial charge is 0.285 e. The van der Waals surface area contributed by atoms with Crippen LogP contribution < -0.4 is 0 Å². The normalized spacial score (nSPS) is 18.3. The molecule has 2 aromatic rings. The van der Waals surface area contributed by atoms with Gasteiger partial charge >= 0.3 is 0 Å². The third kappa shape index (κ3) is 3.79. The molecule has 0 N–H and O–H groups in total. The van der Waals surface area contributed by atoms with Crippen molar-refractivity contribution in [2.75, 3.05) is 20.1 Å². The molecule has 4 rings (SSSR count). The zero-order chi connectivity index (χ0) is 20.6. The highest BCUT2D eigenvalue weighted by Crippen LogP contribution is 2.30. The van der Waals surface area contributed by atoms with Crippen molar-refractivity contribution in [1.29, 1.82) is 0 Å². The third-order valence-electron chi connectivity index (χ3n) is 5.80. The number of hydrogen-bond acceptors (Lipinski definition) is 4. The highest BCUT2D eigenvalue weighted by Gasteiger charge is 2.35. The third-order valence-corrected chi connectivity index (χ3v) is 7.13. The Labute approximate surface area is 171 Å². The van der Waals surface area contributed by atoms with E-state index in [2.05, 4.69) is 23.5 Å². The van der Waals surface area contributed by atoms with Gasteiger partial charge in [-0.3, -0.25) is 4.79 Å². The highest BCUT2D eigenvalue weighted by atomic mass is 32.2. The first-order valence-electron chi connectivity index (χ1n) is 9.85. The molecule has 0 aliphatic carbocycles. The lowest BCUT2D eigenvalue weighted by Crippen LogP contribution is -2.43. The van der Waals surface area contributed by atoms with Crippen molar-refractivity contribution < 1.29 is 13.2 Å². The van der Waals surface area contributed by atoms with Crippen LogP contribution in [0.1, 0.15) is 29.5 Å². The summed E-state index contributed by atoms with van der Waals surface area (Å²) in [5.41, 5.74) is 3.00. The maximum Gasteiger partial charge on any atom is 0.285 e. The summed E-state index contributed by atoms with van der Waals surface area (Å²) < 4.78 is 28.6. The lowest BCUT2D eigenvalue weighted by Gasteiger charge is -2.34. The van der Waals surface area contributed by atoms with Crippen molar-refractivity contribution in [3.8, 4) is 0 Å². The zero-order valence-electron chi connectivity index (χ0n) is 16.7. The molecule has 2 aliphatic rings. The summed E-state index contributed by atoms with van der Waals surface area (Å²) in [6, 6.07) is 15.0. The van der Waals surface area contributed by atoms with Gasteiger partial charge in [-0.2, -0.15) is 8.42 Å². The number of piperidine rings is 1. The number of amides is 1. The minimum Gasteiger partial charge on any atom is -0.355 e. The van der Waals surface area contributed by atoms with Crippen molar-refractivity contribution in [1.82, 2.24) is 9.80 Å². The molecule has 0 unspecified atom stereocenters. The monoisotopic (exact) mass is 411 g/mol. The van der Waals surface area contributed by atoms with E-state index in [9.17, 15) is 13.2 Å². The molecule has 0 bridgehead atoms. The molecule has 2 aromatic carbocycles. The van der Waals surface area contributed by atoms with Crippen LogP contribution >= 0.6 is 0 Å². The molecule has 29 heavy (non-hydrogen) atoms. The topological polar surface area (TPSA) is 70.1 Å². The lowest BCUT2D eigenvalue weighted by atomic mass is 9.94. The number of carbonyl (C=O) groups excluding carboxylic acids is 1. The summed E-state index contributed by atoms with van der Waals surface area (Å²) >= 11 is 0. The van der Waals surface area contributed by atoms with E-state index in [1.807, 2.05) is 30.1 Å². The van der Waals surface area contributed by atoms with E-state index < -0.39 is 10.0 Å². The molecular weight excluding hydrogens is 386 g/mol. The second-order valence-corrected chi connectivity index (χ2v) is 9.34. The fourth-order valence-corrected chi connectivity index (χ4v) is 5.32. The standard InChI is InChI=1S/C22H25N3O3S/c1-16-7-3-4-8-18(16)15-24(2)22(26)17-11-13-25(14-12-17)21-19-9-5-6-10-20(19)29(27,28)23-21/h3-10,17H,11-15H2,1-2H3. The van der Waals surface area contributed by atoms with Crippen molar-refractivity contribution >= 4 is 21.8 Å². The molecule has 2 aliphatic heterocycles. The van der Waals surface area contributed by atoms with Gasteiger partial charge in [-0.05, 0) is 43.0 Å². The summed E-state index contributed by atoms with van der Waals surface area (Å²) in [7, 11) is -1.76. The number of sulfonamides is 1. The minimum atomic E-state index is -3.61. The molecule has 1 amide bonds. The minimum absolute atomic E-state index is 0.0471. The molecule has 1 fully saturated rings. The van der Waals surface area contributed by atoms with Gasteiger partial charge in [0.05, 0.1) is 0 Å². The van der Waals surface area contributed by atoms with Gasteiger partial charge in [0, 0.05) is 38.2 Å². The second kappa shape index (κ2) is 7.63. The Balaban J connectivity index is 1.41. The molecule has 0 aromatic heterocycles. The SMILES string of the molecule is Cc1ccccc1CN(C)C(=O)C1CCN(C2=NS(=O)(=O)c3ccccc32)CC1. The van der Waals surface area contributed by atoms with Gasteiger partial charge in [-0.25, -0.2) is 0 Å². The van der Waals surface area contributed by atoms with Gasteiger partial charge in [0.25, 0.3) is 10.0 Å². The number of benzene rings is 2. The van der Waals surface area contributed by atoms with Crippen LogP contribution in [-0.2, 0) is 21.4 Å². The molecular formula is C22H25N3O3S. The lowest BCUT2D eigenvalue weighted by molar-refractivity contribution is -0.136. The summed E-state index contributed by atoms with van der Waals surface area (Å²) in [6.07, 6.45) is 1.39. The molecule has 0 radical (unpaired) electrons. The number of amidine groups is 1. The number of carbonyl (C=O) groups is 1. The molecule has 0 spiro atoms. The highest BCUT2D eigenvalue weighted by molar-refractivity contribution is 7.90. The number of aryl methyl sites for hydroxylation is 1. The van der Waals surface area contributed by atoms with Gasteiger partial charge in [0.1, 0.15) is 4.90 Å². The van der Waals surface area contributed by atoms with Crippen LogP contribution in [0.25, 0.3) is 0 Å². The predicted molar refractivity (Wildman–Crippen MR) is 112 cm³/mol. The predicted octanol–water partition coefficient (Wildman–Crippen LogP) is 2.81. The van der Waals surface area contributed by atoms with Crippen LogP contribution in [0.5, 0.6) is 0 Å². The van der Waals surface area contributed by atoms with E-state index in [-0.39, 0.29) is 16.7 Å². The van der Waals surface area contributed by atoms with Crippen molar-refractivity contribution in [2.24, 2.45) is 10.3 Å². The Morgan fingerprint density at radius 2 is 1.76 bits per heavy atom. The van der Waals surface area contributed by atoms with Crippen molar-refractivity contribution in [3.63, 3.8) is 0 Å². The summed E-state index contributed by atoms with van der Waals surface area (Å²) in [6.45, 7) is 3.90. The van der Waals surface area contributed by atoms with E-state index in [4.69, 9.17) is 0 Å². The Morgan fingerprint density at radius 1 is 1.10 bits per heavy atom. The molecule has 7 heteroatoms. The number of hydrogen-bond donors (Lipinski definition) is 0. The Morgan fingerprint density at radius 3 is 2.48 bits per heavy atom. The molecule has 2 heterocycles. The molecule has 0 atom stereocenters. The first-order valence-corrected chi connectivity index (χ1v) is 11.3. The zero-order valence-corrected chi connectivity index (χ0v) is 17.5. The first-order chi connectivity index (χ1) is 13.9. The van der Waals surface area contributed by atoms with Gasteiger partial charge in [0.15, 0.2) is 5.84 Å². The number of rotatable bonds is 3. The maximum atomic E-state index is 12.9. The second-order valence-electron chi connectivity index (χ2n) is 7.77. The number of likely N-dealkylation sites (tertiary alicyclic amines) is 1. The average molecular weight is 412 g/mol. The fourth-order valence-electron chi connectivity index (χ4n) is 4.09. The average Bonchev–Trinajstić information content (AvgIpc) is 3.00. The molecule has 1 saturated heterocycles. The quantitative estimate of drug-likeness (QED) is 0.779. The summed E-state index contributed by atoms with van der Waals surface area (Å²) in [4.78, 5) is 17.0. The Bertz CT molecular complexity index is 1070. The van der Waals surface area contributed by atoms with Gasteiger partial charge in [-0.1, -0.05) is 36.4 Å². The van der Waals surface area contributed by atoms with Crippen molar-refractivity contribution in [2.45, 2.75) is 31.2 Å². The number of nitrogens with zero attached hydrogens (tertiary/aromatic N) is 3. The molecule has 152 valence electrons. The van der Waals surface area contributed by atoms with Crippen LogP contribution in [0.3, 0.4) is 0 Å². The first kappa shape index (κ1) is 19.6. The molecule has 6 nitrogen and oxygen atoms in total. The van der Waals surface area contributed by atoms with Crippen LogP contribution in [-0.4, -0.2) is 50.1 Å². The van der Waals surface area contributed by atoms with Gasteiger partial charge in [0.2, 0.25) is 5.91 Å². The summed E-state index contributed by atoms with van der Waals surface area (Å²) in [5.74, 6) is 0.614. The Hall–Kier alpha value is -2.67. The largest absolute Gasteiger partial charge is 0.355 e. The number of fused-ring (bicyclic) bond motifs is 1. The summed E-state index contributed by atoms with van der Waals surface area (Å²) in [5, 5.41) is 0. The van der Waals surface area contributed by atoms with E-state index in [1.54, 1.807) is 23.1 Å².